The summed E-state index contributed by atoms with van der Waals surface area (Å²) in [4.78, 5) is 27.5. The minimum Gasteiger partial charge on any atom is -0.493 e. The van der Waals surface area contributed by atoms with Crippen LogP contribution in [0.2, 0.25) is 0 Å². The third-order valence-corrected chi connectivity index (χ3v) is 7.61. The number of allylic oxidation sites excluding steroid dienone is 3. The van der Waals surface area contributed by atoms with Crippen molar-refractivity contribution in [2.75, 3.05) is 20.3 Å². The summed E-state index contributed by atoms with van der Waals surface area (Å²) in [5.74, 6) is 0.270. The van der Waals surface area contributed by atoms with E-state index in [4.69, 9.17) is 14.2 Å². The third-order valence-electron chi connectivity index (χ3n) is 7.61. The average molecular weight is 538 g/mol. The standard InChI is InChI=1S/C34H35NO5/c1-4-39-29-16-15-25(21-30(29)38-3)32-31(34(37)40-18-17-23-11-7-5-8-12-23)22(2)35-27-19-26(20-28(36)33(27)32)24-13-9-6-10-14-24/h5-16,21,26,32,35H,4,17-20H2,1-3H3/t26-,32-/m1/s1. The number of methoxy groups -OCH3 is 1. The van der Waals surface area contributed by atoms with Crippen LogP contribution in [0.5, 0.6) is 11.5 Å². The topological polar surface area (TPSA) is 73.9 Å². The highest BCUT2D eigenvalue weighted by Crippen LogP contribution is 2.47. The number of nitrogens with one attached hydrogen (secondary N) is 1. The first-order valence-electron chi connectivity index (χ1n) is 13.8. The van der Waals surface area contributed by atoms with Gasteiger partial charge in [-0.1, -0.05) is 66.7 Å². The van der Waals surface area contributed by atoms with Gasteiger partial charge in [0, 0.05) is 35.7 Å². The van der Waals surface area contributed by atoms with Gasteiger partial charge in [-0.3, -0.25) is 4.79 Å². The summed E-state index contributed by atoms with van der Waals surface area (Å²) in [6, 6.07) is 25.7. The van der Waals surface area contributed by atoms with Crippen LogP contribution in [0.4, 0.5) is 0 Å². The normalized spacial score (nSPS) is 18.6. The van der Waals surface area contributed by atoms with Crippen LogP contribution < -0.4 is 14.8 Å². The summed E-state index contributed by atoms with van der Waals surface area (Å²) < 4.78 is 17.2. The molecule has 0 fully saturated rings. The van der Waals surface area contributed by atoms with E-state index in [-0.39, 0.29) is 18.3 Å². The Morgan fingerprint density at radius 3 is 2.35 bits per heavy atom. The van der Waals surface area contributed by atoms with Crippen LogP contribution in [0.25, 0.3) is 0 Å². The highest BCUT2D eigenvalue weighted by molar-refractivity contribution is 6.04. The molecule has 0 saturated heterocycles. The van der Waals surface area contributed by atoms with Gasteiger partial charge in [0.05, 0.1) is 25.9 Å². The molecule has 0 spiro atoms. The first-order valence-corrected chi connectivity index (χ1v) is 13.8. The van der Waals surface area contributed by atoms with Crippen molar-refractivity contribution >= 4 is 11.8 Å². The number of rotatable bonds is 9. The molecule has 1 aliphatic carbocycles. The van der Waals surface area contributed by atoms with Gasteiger partial charge in [0.15, 0.2) is 17.3 Å². The molecule has 0 saturated carbocycles. The fourth-order valence-electron chi connectivity index (χ4n) is 5.73. The second kappa shape index (κ2) is 12.2. The number of esters is 1. The number of carbonyl (C=O) groups excluding carboxylic acids is 2. The lowest BCUT2D eigenvalue weighted by molar-refractivity contribution is -0.139. The summed E-state index contributed by atoms with van der Waals surface area (Å²) >= 11 is 0. The third kappa shape index (κ3) is 5.67. The summed E-state index contributed by atoms with van der Waals surface area (Å²) in [5.41, 5.74) is 5.65. The van der Waals surface area contributed by atoms with Crippen molar-refractivity contribution in [1.82, 2.24) is 5.32 Å². The molecular formula is C34H35NO5. The van der Waals surface area contributed by atoms with Crippen LogP contribution in [0.1, 0.15) is 55.2 Å². The molecule has 0 radical (unpaired) electrons. The zero-order chi connectivity index (χ0) is 28.1. The van der Waals surface area contributed by atoms with E-state index >= 15 is 0 Å². The summed E-state index contributed by atoms with van der Waals surface area (Å²) in [5, 5.41) is 3.43. The smallest absolute Gasteiger partial charge is 0.336 e. The van der Waals surface area contributed by atoms with E-state index in [0.29, 0.717) is 54.2 Å². The Bertz CT molecular complexity index is 1440. The predicted molar refractivity (Wildman–Crippen MR) is 154 cm³/mol. The Morgan fingerprint density at radius 1 is 0.925 bits per heavy atom. The van der Waals surface area contributed by atoms with E-state index in [0.717, 1.165) is 22.4 Å². The van der Waals surface area contributed by atoms with Gasteiger partial charge in [-0.2, -0.15) is 0 Å². The quantitative estimate of drug-likeness (QED) is 0.326. The van der Waals surface area contributed by atoms with Gasteiger partial charge in [-0.15, -0.1) is 0 Å². The van der Waals surface area contributed by atoms with Gasteiger partial charge >= 0.3 is 5.97 Å². The monoisotopic (exact) mass is 537 g/mol. The first-order chi connectivity index (χ1) is 19.5. The molecule has 6 heteroatoms. The number of dihydropyridines is 1. The molecule has 1 aliphatic heterocycles. The molecule has 0 amide bonds. The molecule has 3 aromatic rings. The lowest BCUT2D eigenvalue weighted by Crippen LogP contribution is -2.36. The lowest BCUT2D eigenvalue weighted by atomic mass is 9.71. The predicted octanol–water partition coefficient (Wildman–Crippen LogP) is 6.24. The molecule has 40 heavy (non-hydrogen) atoms. The fourth-order valence-corrected chi connectivity index (χ4v) is 5.73. The van der Waals surface area contributed by atoms with Gasteiger partial charge in [0.25, 0.3) is 0 Å². The van der Waals surface area contributed by atoms with Crippen molar-refractivity contribution in [3.05, 3.63) is 118 Å². The van der Waals surface area contributed by atoms with E-state index < -0.39 is 11.9 Å². The van der Waals surface area contributed by atoms with Crippen molar-refractivity contribution in [2.24, 2.45) is 0 Å². The second-order valence-corrected chi connectivity index (χ2v) is 10.1. The number of ether oxygens (including phenoxy) is 3. The SMILES string of the molecule is CCOc1ccc([C@@H]2C(C(=O)OCCc3ccccc3)=C(C)NC3=C2C(=O)C[C@H](c2ccccc2)C3)cc1OC. The highest BCUT2D eigenvalue weighted by atomic mass is 16.5. The van der Waals surface area contributed by atoms with E-state index in [1.54, 1.807) is 7.11 Å². The van der Waals surface area contributed by atoms with Gasteiger partial charge in [0.2, 0.25) is 0 Å². The van der Waals surface area contributed by atoms with E-state index in [9.17, 15) is 9.59 Å². The molecule has 2 aliphatic rings. The van der Waals surface area contributed by atoms with Crippen LogP contribution in [0.15, 0.2) is 101 Å². The first kappa shape index (κ1) is 27.3. The van der Waals surface area contributed by atoms with Crippen molar-refractivity contribution < 1.29 is 23.8 Å². The van der Waals surface area contributed by atoms with Crippen LogP contribution in [-0.2, 0) is 20.7 Å². The largest absolute Gasteiger partial charge is 0.493 e. The van der Waals surface area contributed by atoms with Crippen molar-refractivity contribution in [3.8, 4) is 11.5 Å². The van der Waals surface area contributed by atoms with Crippen molar-refractivity contribution in [2.45, 2.75) is 44.9 Å². The summed E-state index contributed by atoms with van der Waals surface area (Å²) in [6.45, 7) is 4.54. The van der Waals surface area contributed by atoms with Gasteiger partial charge in [0.1, 0.15) is 0 Å². The number of carbonyl (C=O) groups is 2. The fraction of sp³-hybridized carbons (Fsp3) is 0.294. The average Bonchev–Trinajstić information content (AvgIpc) is 2.97. The lowest BCUT2D eigenvalue weighted by Gasteiger charge is -2.37. The number of benzene rings is 3. The van der Waals surface area contributed by atoms with Crippen molar-refractivity contribution in [3.63, 3.8) is 0 Å². The maximum atomic E-state index is 13.9. The van der Waals surface area contributed by atoms with E-state index in [2.05, 4.69) is 17.4 Å². The minimum absolute atomic E-state index is 0.0301. The zero-order valence-corrected chi connectivity index (χ0v) is 23.2. The van der Waals surface area contributed by atoms with E-state index in [1.807, 2.05) is 80.6 Å². The molecule has 1 heterocycles. The summed E-state index contributed by atoms with van der Waals surface area (Å²) in [6.07, 6.45) is 1.67. The molecule has 0 aromatic heterocycles. The zero-order valence-electron chi connectivity index (χ0n) is 23.2. The maximum absolute atomic E-state index is 13.9. The molecule has 2 atom stereocenters. The molecule has 0 unspecified atom stereocenters. The number of Topliss-reactive ketones (excluding diaryl/α,β-unsaturated/α-hetero) is 1. The maximum Gasteiger partial charge on any atom is 0.336 e. The van der Waals surface area contributed by atoms with Crippen LogP contribution >= 0.6 is 0 Å². The Hall–Kier alpha value is -4.32. The Balaban J connectivity index is 1.51. The highest BCUT2D eigenvalue weighted by Gasteiger charge is 2.41. The Kier molecular flexibility index (Phi) is 8.34. The molecule has 6 nitrogen and oxygen atoms in total. The molecule has 0 bridgehead atoms. The molecule has 3 aromatic carbocycles. The van der Waals surface area contributed by atoms with Gasteiger partial charge in [-0.25, -0.2) is 4.79 Å². The minimum atomic E-state index is -0.575. The van der Waals surface area contributed by atoms with Crippen LogP contribution in [0, 0.1) is 0 Å². The Labute approximate surface area is 235 Å². The van der Waals surface area contributed by atoms with Gasteiger partial charge in [-0.05, 0) is 55.0 Å². The van der Waals surface area contributed by atoms with Crippen LogP contribution in [0.3, 0.4) is 0 Å². The molecule has 1 N–H and O–H groups in total. The second-order valence-electron chi connectivity index (χ2n) is 10.1. The van der Waals surface area contributed by atoms with Crippen LogP contribution in [-0.4, -0.2) is 32.1 Å². The molecule has 206 valence electrons. The van der Waals surface area contributed by atoms with E-state index in [1.165, 1.54) is 0 Å². The summed E-state index contributed by atoms with van der Waals surface area (Å²) in [7, 11) is 1.59. The Morgan fingerprint density at radius 2 is 1.65 bits per heavy atom. The molecule has 5 rings (SSSR count). The number of hydrogen-bond donors (Lipinski definition) is 1. The van der Waals surface area contributed by atoms with Crippen molar-refractivity contribution in [1.29, 1.82) is 0 Å². The number of ketones is 1. The van der Waals surface area contributed by atoms with Gasteiger partial charge < -0.3 is 19.5 Å². The number of hydrogen-bond acceptors (Lipinski definition) is 6. The molecular weight excluding hydrogens is 502 g/mol.